The van der Waals surface area contributed by atoms with E-state index in [0.717, 1.165) is 30.5 Å². The summed E-state index contributed by atoms with van der Waals surface area (Å²) in [5, 5.41) is 7.03. The fraction of sp³-hybridized carbons (Fsp3) is 0.333. The van der Waals surface area contributed by atoms with Crippen molar-refractivity contribution in [3.63, 3.8) is 0 Å². The van der Waals surface area contributed by atoms with E-state index in [2.05, 4.69) is 31.4 Å². The van der Waals surface area contributed by atoms with Crippen LogP contribution in [0.4, 0.5) is 10.7 Å². The minimum Gasteiger partial charge on any atom is -0.484 e. The lowest BCUT2D eigenvalue weighted by atomic mass is 9.72. The Morgan fingerprint density at radius 2 is 1.85 bits per heavy atom. The molecular formula is C27H29ClN2O3S. The largest absolute Gasteiger partial charge is 0.484 e. The van der Waals surface area contributed by atoms with Crippen LogP contribution in [0.2, 0.25) is 5.02 Å². The number of benzene rings is 2. The Hall–Kier alpha value is -2.83. The van der Waals surface area contributed by atoms with Gasteiger partial charge in [-0.25, -0.2) is 0 Å². The highest BCUT2D eigenvalue weighted by atomic mass is 35.5. The molecular weight excluding hydrogens is 468 g/mol. The van der Waals surface area contributed by atoms with Crippen molar-refractivity contribution < 1.29 is 14.3 Å². The summed E-state index contributed by atoms with van der Waals surface area (Å²) in [7, 11) is 0. The van der Waals surface area contributed by atoms with E-state index in [4.69, 9.17) is 16.3 Å². The molecule has 0 radical (unpaired) electrons. The summed E-state index contributed by atoms with van der Waals surface area (Å²) in [6, 6.07) is 16.3. The van der Waals surface area contributed by atoms with Crippen molar-refractivity contribution >= 4 is 45.4 Å². The maximum absolute atomic E-state index is 13.3. The third kappa shape index (κ3) is 5.80. The topological polar surface area (TPSA) is 67.4 Å². The first kappa shape index (κ1) is 24.3. The molecule has 2 aromatic carbocycles. The molecule has 2 N–H and O–H groups in total. The van der Waals surface area contributed by atoms with E-state index < -0.39 is 0 Å². The SMILES string of the molecule is CC(C)(C)C1CCc2c(sc(NC(=O)COc3cccc(Cl)c3)c2C(=O)Nc2ccccc2)C1. The van der Waals surface area contributed by atoms with Crippen LogP contribution in [0.15, 0.2) is 54.6 Å². The lowest BCUT2D eigenvalue weighted by Crippen LogP contribution is -2.27. The van der Waals surface area contributed by atoms with Crippen molar-refractivity contribution in [3.8, 4) is 5.75 Å². The molecule has 1 unspecified atom stereocenters. The molecule has 0 saturated heterocycles. The molecule has 1 atom stereocenters. The standard InChI is InChI=1S/C27H29ClN2O3S/c1-27(2,3)17-12-13-21-22(14-17)34-26(24(21)25(32)29-19-9-5-4-6-10-19)30-23(31)16-33-20-11-7-8-18(28)15-20/h4-11,15,17H,12-14,16H2,1-3H3,(H,29,32)(H,30,31). The monoisotopic (exact) mass is 496 g/mol. The molecule has 0 spiro atoms. The summed E-state index contributed by atoms with van der Waals surface area (Å²) < 4.78 is 5.59. The average Bonchev–Trinajstić information content (AvgIpc) is 3.15. The molecule has 34 heavy (non-hydrogen) atoms. The normalized spacial score (nSPS) is 15.4. The molecule has 0 bridgehead atoms. The highest BCUT2D eigenvalue weighted by Crippen LogP contribution is 2.44. The van der Waals surface area contributed by atoms with E-state index in [1.54, 1.807) is 24.3 Å². The predicted molar refractivity (Wildman–Crippen MR) is 139 cm³/mol. The van der Waals surface area contributed by atoms with Gasteiger partial charge in [0.2, 0.25) is 0 Å². The number of hydrogen-bond acceptors (Lipinski definition) is 4. The van der Waals surface area contributed by atoms with Gasteiger partial charge in [-0.3, -0.25) is 9.59 Å². The van der Waals surface area contributed by atoms with Crippen molar-refractivity contribution in [1.29, 1.82) is 0 Å². The van der Waals surface area contributed by atoms with E-state index >= 15 is 0 Å². The Balaban J connectivity index is 1.56. The molecule has 0 saturated carbocycles. The number of rotatable bonds is 6. The number of halogens is 1. The van der Waals surface area contributed by atoms with Crippen LogP contribution in [0.1, 0.15) is 48.0 Å². The van der Waals surface area contributed by atoms with Crippen LogP contribution < -0.4 is 15.4 Å². The number of fused-ring (bicyclic) bond motifs is 1. The number of carbonyl (C=O) groups excluding carboxylic acids is 2. The number of nitrogens with one attached hydrogen (secondary N) is 2. The third-order valence-electron chi connectivity index (χ3n) is 6.17. The molecule has 3 aromatic rings. The smallest absolute Gasteiger partial charge is 0.262 e. The van der Waals surface area contributed by atoms with Crippen LogP contribution in [0.25, 0.3) is 0 Å². The van der Waals surface area contributed by atoms with Gasteiger partial charge in [-0.1, -0.05) is 56.6 Å². The number of ether oxygens (including phenoxy) is 1. The summed E-state index contributed by atoms with van der Waals surface area (Å²) in [5.41, 5.74) is 2.51. The second-order valence-corrected chi connectivity index (χ2v) is 11.2. The molecule has 2 amide bonds. The molecule has 7 heteroatoms. The van der Waals surface area contributed by atoms with Gasteiger partial charge in [-0.15, -0.1) is 11.3 Å². The minimum atomic E-state index is -0.320. The molecule has 0 fully saturated rings. The number of carbonyl (C=O) groups is 2. The number of hydrogen-bond donors (Lipinski definition) is 2. The number of anilines is 2. The quantitative estimate of drug-likeness (QED) is 0.393. The van der Waals surface area contributed by atoms with Gasteiger partial charge in [0.1, 0.15) is 10.8 Å². The summed E-state index contributed by atoms with van der Waals surface area (Å²) in [5.74, 6) is 0.519. The van der Waals surface area contributed by atoms with Gasteiger partial charge in [0.05, 0.1) is 5.56 Å². The Kier molecular flexibility index (Phi) is 7.29. The van der Waals surface area contributed by atoms with Gasteiger partial charge in [0, 0.05) is 15.6 Å². The molecule has 4 rings (SSSR count). The highest BCUT2D eigenvalue weighted by molar-refractivity contribution is 7.17. The lowest BCUT2D eigenvalue weighted by Gasteiger charge is -2.33. The van der Waals surface area contributed by atoms with Gasteiger partial charge < -0.3 is 15.4 Å². The van der Waals surface area contributed by atoms with Gasteiger partial charge in [0.25, 0.3) is 11.8 Å². The zero-order chi connectivity index (χ0) is 24.3. The molecule has 0 aliphatic heterocycles. The molecule has 1 aromatic heterocycles. The van der Waals surface area contributed by atoms with Crippen LogP contribution in [-0.2, 0) is 17.6 Å². The van der Waals surface area contributed by atoms with Crippen molar-refractivity contribution in [1.82, 2.24) is 0 Å². The summed E-state index contributed by atoms with van der Waals surface area (Å²) in [4.78, 5) is 27.3. The molecule has 178 valence electrons. The fourth-order valence-electron chi connectivity index (χ4n) is 4.24. The van der Waals surface area contributed by atoms with E-state index in [1.807, 2.05) is 30.3 Å². The Morgan fingerprint density at radius 1 is 1.09 bits per heavy atom. The predicted octanol–water partition coefficient (Wildman–Crippen LogP) is 6.82. The van der Waals surface area contributed by atoms with Gasteiger partial charge in [-0.2, -0.15) is 0 Å². The van der Waals surface area contributed by atoms with E-state index in [0.29, 0.717) is 27.3 Å². The fourth-order valence-corrected chi connectivity index (χ4v) is 5.76. The van der Waals surface area contributed by atoms with Crippen LogP contribution in [0.3, 0.4) is 0 Å². The van der Waals surface area contributed by atoms with Gasteiger partial charge in [-0.05, 0) is 66.5 Å². The van der Waals surface area contributed by atoms with Gasteiger partial charge >= 0.3 is 0 Å². The highest BCUT2D eigenvalue weighted by Gasteiger charge is 2.34. The third-order valence-corrected chi connectivity index (χ3v) is 7.57. The first-order valence-electron chi connectivity index (χ1n) is 11.4. The van der Waals surface area contributed by atoms with Crippen molar-refractivity contribution in [2.45, 2.75) is 40.0 Å². The first-order valence-corrected chi connectivity index (χ1v) is 12.6. The van der Waals surface area contributed by atoms with Crippen molar-refractivity contribution in [2.24, 2.45) is 11.3 Å². The van der Waals surface area contributed by atoms with Crippen LogP contribution in [0, 0.1) is 11.3 Å². The summed E-state index contributed by atoms with van der Waals surface area (Å²) in [6.07, 6.45) is 2.74. The zero-order valence-electron chi connectivity index (χ0n) is 19.6. The van der Waals surface area contributed by atoms with Crippen LogP contribution >= 0.6 is 22.9 Å². The second-order valence-electron chi connectivity index (χ2n) is 9.63. The lowest BCUT2D eigenvalue weighted by molar-refractivity contribution is -0.118. The van der Waals surface area contributed by atoms with E-state index in [1.165, 1.54) is 16.2 Å². The Morgan fingerprint density at radius 3 is 2.56 bits per heavy atom. The molecule has 1 aliphatic carbocycles. The van der Waals surface area contributed by atoms with Gasteiger partial charge in [0.15, 0.2) is 6.61 Å². The molecule has 1 aliphatic rings. The maximum atomic E-state index is 13.3. The summed E-state index contributed by atoms with van der Waals surface area (Å²) >= 11 is 7.49. The number of amides is 2. The maximum Gasteiger partial charge on any atom is 0.262 e. The van der Waals surface area contributed by atoms with E-state index in [-0.39, 0.29) is 23.8 Å². The number of para-hydroxylation sites is 1. The summed E-state index contributed by atoms with van der Waals surface area (Å²) in [6.45, 7) is 6.60. The minimum absolute atomic E-state index is 0.173. The van der Waals surface area contributed by atoms with Crippen LogP contribution in [-0.4, -0.2) is 18.4 Å². The average molecular weight is 497 g/mol. The molecule has 1 heterocycles. The van der Waals surface area contributed by atoms with E-state index in [9.17, 15) is 9.59 Å². The van der Waals surface area contributed by atoms with Crippen LogP contribution in [0.5, 0.6) is 5.75 Å². The second kappa shape index (κ2) is 10.2. The first-order chi connectivity index (χ1) is 16.2. The Labute approximate surface area is 209 Å². The molecule has 5 nitrogen and oxygen atoms in total. The Bertz CT molecular complexity index is 1180. The zero-order valence-corrected chi connectivity index (χ0v) is 21.2. The van der Waals surface area contributed by atoms with Crippen molar-refractivity contribution in [3.05, 3.63) is 75.6 Å². The number of thiophene rings is 1. The van der Waals surface area contributed by atoms with Crippen molar-refractivity contribution in [2.75, 3.05) is 17.2 Å².